The number of para-hydroxylation sites is 1. The predicted octanol–water partition coefficient (Wildman–Crippen LogP) is 0.395. The predicted molar refractivity (Wildman–Crippen MR) is 69.6 cm³/mol. The fourth-order valence-electron chi connectivity index (χ4n) is 1.60. The Labute approximate surface area is 102 Å². The number of carbonyl (C=O) groups excluding carboxylic acids is 1. The van der Waals surface area contributed by atoms with Gasteiger partial charge >= 0.3 is 0 Å². The fraction of sp³-hybridized carbons (Fsp3) is 0.300. The lowest BCUT2D eigenvalue weighted by atomic mass is 10.1. The summed E-state index contributed by atoms with van der Waals surface area (Å²) < 4.78 is 24.3. The molecular weight excluding hydrogens is 259 g/mol. The molecule has 1 fully saturated rings. The van der Waals surface area contributed by atoms with Gasteiger partial charge in [-0.1, -0.05) is 12.1 Å². The van der Waals surface area contributed by atoms with E-state index in [1.54, 1.807) is 18.2 Å². The topological polar surface area (TPSA) is 89.3 Å². The molecule has 1 aromatic carbocycles. The minimum Gasteiger partial charge on any atom is -0.294 e. The lowest BCUT2D eigenvalue weighted by Gasteiger charge is -2.12. The van der Waals surface area contributed by atoms with Gasteiger partial charge in [0, 0.05) is 11.5 Å². The Hall–Kier alpha value is -0.970. The molecule has 92 valence electrons. The molecule has 2 rings (SSSR count). The zero-order valence-electron chi connectivity index (χ0n) is 9.01. The van der Waals surface area contributed by atoms with Crippen molar-refractivity contribution >= 4 is 36.2 Å². The van der Waals surface area contributed by atoms with Crippen molar-refractivity contribution in [2.75, 3.05) is 4.72 Å². The summed E-state index contributed by atoms with van der Waals surface area (Å²) >= 11 is 0. The average Bonchev–Trinajstić information content (AvgIpc) is 3.01. The third-order valence-corrected chi connectivity index (χ3v) is 3.52. The van der Waals surface area contributed by atoms with Crippen LogP contribution in [-0.2, 0) is 10.2 Å². The maximum absolute atomic E-state index is 12.0. The number of hydrogen-bond donors (Lipinski definition) is 2. The lowest BCUT2D eigenvalue weighted by molar-refractivity contribution is 0.0968. The number of rotatable bonds is 4. The zero-order valence-corrected chi connectivity index (χ0v) is 11.0. The molecule has 0 spiro atoms. The summed E-state index contributed by atoms with van der Waals surface area (Å²) in [6.07, 6.45) is 1.74. The molecule has 0 aromatic heterocycles. The maximum atomic E-state index is 12.0. The van der Waals surface area contributed by atoms with E-state index in [0.29, 0.717) is 10.9 Å². The van der Waals surface area contributed by atoms with Crippen LogP contribution in [0.15, 0.2) is 18.2 Å². The van der Waals surface area contributed by atoms with Gasteiger partial charge in [0.1, 0.15) is 0 Å². The molecule has 1 atom stereocenters. The first-order chi connectivity index (χ1) is 7.88. The van der Waals surface area contributed by atoms with Gasteiger partial charge in [0.25, 0.3) is 10.2 Å². The number of hydrogen-bond acceptors (Lipinski definition) is 3. The quantitative estimate of drug-likeness (QED) is 0.614. The normalized spacial score (nSPS) is 15.6. The van der Waals surface area contributed by atoms with Gasteiger partial charge in [-0.05, 0) is 24.2 Å². The molecule has 0 aliphatic heterocycles. The molecule has 1 aromatic rings. The third-order valence-electron chi connectivity index (χ3n) is 2.55. The monoisotopic (exact) mass is 272 g/mol. The van der Waals surface area contributed by atoms with Gasteiger partial charge < -0.3 is 0 Å². The highest BCUT2D eigenvalue weighted by Gasteiger charge is 2.32. The summed E-state index contributed by atoms with van der Waals surface area (Å²) in [6, 6.07) is 5.02. The molecule has 0 amide bonds. The highest BCUT2D eigenvalue weighted by atomic mass is 32.2. The summed E-state index contributed by atoms with van der Waals surface area (Å²) in [4.78, 5) is 12.0. The van der Waals surface area contributed by atoms with E-state index >= 15 is 0 Å². The van der Waals surface area contributed by atoms with Crippen molar-refractivity contribution in [3.8, 4) is 0 Å². The summed E-state index contributed by atoms with van der Waals surface area (Å²) in [6.45, 7) is 0. The van der Waals surface area contributed by atoms with Crippen molar-refractivity contribution in [3.05, 3.63) is 23.8 Å². The van der Waals surface area contributed by atoms with E-state index in [9.17, 15) is 13.2 Å². The number of Topliss-reactive ketones (excluding diaryl/α,β-unsaturated/α-hetero) is 1. The van der Waals surface area contributed by atoms with Gasteiger partial charge in [-0.25, -0.2) is 5.14 Å². The minimum atomic E-state index is -3.88. The second-order valence-corrected chi connectivity index (χ2v) is 5.97. The van der Waals surface area contributed by atoms with Crippen LogP contribution in [-0.4, -0.2) is 14.2 Å². The van der Waals surface area contributed by atoms with Crippen molar-refractivity contribution in [2.24, 2.45) is 11.1 Å². The van der Waals surface area contributed by atoms with E-state index < -0.39 is 10.2 Å². The van der Waals surface area contributed by atoms with Gasteiger partial charge in [0.2, 0.25) is 0 Å². The Morgan fingerprint density at radius 2 is 2.06 bits per heavy atom. The molecule has 0 bridgehead atoms. The van der Waals surface area contributed by atoms with Gasteiger partial charge in [-0.3, -0.25) is 9.52 Å². The summed E-state index contributed by atoms with van der Waals surface area (Å²) in [5.74, 6) is 0.00304. The lowest BCUT2D eigenvalue weighted by Crippen LogP contribution is -2.26. The number of benzene rings is 1. The Kier molecular flexibility index (Phi) is 3.21. The van der Waals surface area contributed by atoms with E-state index in [4.69, 9.17) is 5.14 Å². The second-order valence-electron chi connectivity index (χ2n) is 4.06. The number of carbonyl (C=O) groups is 1. The van der Waals surface area contributed by atoms with Crippen LogP contribution in [0, 0.1) is 5.92 Å². The van der Waals surface area contributed by atoms with Crippen LogP contribution in [0.1, 0.15) is 23.2 Å². The minimum absolute atomic E-state index is 0.0274. The SMILES string of the molecule is NS(=O)(=O)Nc1c(P)cccc1C(=O)C1CC1. The molecule has 5 nitrogen and oxygen atoms in total. The highest BCUT2D eigenvalue weighted by molar-refractivity contribution is 7.90. The smallest absolute Gasteiger partial charge is 0.294 e. The number of ketones is 1. The Morgan fingerprint density at radius 3 is 2.59 bits per heavy atom. The van der Waals surface area contributed by atoms with Crippen LogP contribution in [0.2, 0.25) is 0 Å². The molecule has 0 heterocycles. The highest BCUT2D eigenvalue weighted by Crippen LogP contribution is 2.34. The van der Waals surface area contributed by atoms with Gasteiger partial charge in [0.05, 0.1) is 5.69 Å². The number of nitrogens with one attached hydrogen (secondary N) is 1. The van der Waals surface area contributed by atoms with Crippen LogP contribution in [0.25, 0.3) is 0 Å². The van der Waals surface area contributed by atoms with Crippen molar-refractivity contribution in [2.45, 2.75) is 12.8 Å². The van der Waals surface area contributed by atoms with Crippen LogP contribution >= 0.6 is 9.24 Å². The molecule has 0 radical (unpaired) electrons. The fourth-order valence-corrected chi connectivity index (χ4v) is 2.55. The van der Waals surface area contributed by atoms with Crippen molar-refractivity contribution in [1.29, 1.82) is 0 Å². The maximum Gasteiger partial charge on any atom is 0.296 e. The summed E-state index contributed by atoms with van der Waals surface area (Å²) in [5, 5.41) is 5.54. The standard InChI is InChI=1S/C10H13N2O3PS/c11-17(14,15)12-9-7(2-1-3-8(9)16)10(13)6-4-5-6/h1-3,6,12H,4-5,16H2,(H2,11,14,15). The first-order valence-corrected chi connectivity index (χ1v) is 7.24. The van der Waals surface area contributed by atoms with E-state index in [1.807, 2.05) is 0 Å². The molecule has 1 saturated carbocycles. The van der Waals surface area contributed by atoms with Crippen LogP contribution in [0.5, 0.6) is 0 Å². The zero-order chi connectivity index (χ0) is 12.6. The third kappa shape index (κ3) is 3.03. The van der Waals surface area contributed by atoms with Gasteiger partial charge in [-0.15, -0.1) is 9.24 Å². The van der Waals surface area contributed by atoms with Gasteiger partial charge in [-0.2, -0.15) is 8.42 Å². The number of nitrogens with two attached hydrogens (primary N) is 1. The first-order valence-electron chi connectivity index (χ1n) is 5.12. The summed E-state index contributed by atoms with van der Waals surface area (Å²) in [7, 11) is -1.49. The van der Waals surface area contributed by atoms with Crippen molar-refractivity contribution in [1.82, 2.24) is 0 Å². The van der Waals surface area contributed by atoms with Crippen LogP contribution in [0.3, 0.4) is 0 Å². The largest absolute Gasteiger partial charge is 0.296 e. The van der Waals surface area contributed by atoms with Crippen LogP contribution in [0.4, 0.5) is 5.69 Å². The average molecular weight is 272 g/mol. The van der Waals surface area contributed by atoms with E-state index in [2.05, 4.69) is 14.0 Å². The molecule has 17 heavy (non-hydrogen) atoms. The molecule has 7 heteroatoms. The Balaban J connectivity index is 2.44. The summed E-state index contributed by atoms with van der Waals surface area (Å²) in [5.41, 5.74) is 0.644. The molecular formula is C10H13N2O3PS. The van der Waals surface area contributed by atoms with Crippen molar-refractivity contribution in [3.63, 3.8) is 0 Å². The first kappa shape index (κ1) is 12.5. The van der Waals surface area contributed by atoms with E-state index in [-0.39, 0.29) is 17.4 Å². The molecule has 1 aliphatic carbocycles. The van der Waals surface area contributed by atoms with Crippen LogP contribution < -0.4 is 15.2 Å². The Morgan fingerprint density at radius 1 is 1.41 bits per heavy atom. The molecule has 1 aliphatic rings. The molecule has 0 saturated heterocycles. The molecule has 1 unspecified atom stereocenters. The van der Waals surface area contributed by atoms with Gasteiger partial charge in [0.15, 0.2) is 5.78 Å². The van der Waals surface area contributed by atoms with Crippen molar-refractivity contribution < 1.29 is 13.2 Å². The van der Waals surface area contributed by atoms with E-state index in [1.165, 1.54) is 0 Å². The second kappa shape index (κ2) is 4.37. The molecule has 3 N–H and O–H groups in total. The Bertz CT molecular complexity index is 567. The number of anilines is 1. The van der Waals surface area contributed by atoms with E-state index in [0.717, 1.165) is 12.8 Å².